The second kappa shape index (κ2) is 5.14. The molecule has 0 aliphatic carbocycles. The Bertz CT molecular complexity index is 353. The molecule has 94 valence electrons. The average molecular weight is 248 g/mol. The molecule has 5 nitrogen and oxygen atoms in total. The number of amides is 1. The van der Waals surface area contributed by atoms with E-state index in [9.17, 15) is 13.2 Å². The number of likely N-dealkylation sites (tertiary alicyclic amines) is 1. The summed E-state index contributed by atoms with van der Waals surface area (Å²) >= 11 is 0. The van der Waals surface area contributed by atoms with Crippen LogP contribution in [0.25, 0.3) is 0 Å². The number of rotatable bonds is 3. The van der Waals surface area contributed by atoms with Gasteiger partial charge in [-0.3, -0.25) is 4.79 Å². The maximum atomic E-state index is 11.8. The van der Waals surface area contributed by atoms with Crippen molar-refractivity contribution in [2.45, 2.75) is 25.8 Å². The summed E-state index contributed by atoms with van der Waals surface area (Å²) in [5.41, 5.74) is 5.61. The maximum Gasteiger partial charge on any atom is 0.238 e. The molecule has 16 heavy (non-hydrogen) atoms. The highest BCUT2D eigenvalue weighted by Gasteiger charge is 2.30. The molecule has 2 atom stereocenters. The van der Waals surface area contributed by atoms with Gasteiger partial charge in [0.05, 0.1) is 0 Å². The number of nitrogens with zero attached hydrogens (tertiary/aromatic N) is 1. The van der Waals surface area contributed by atoms with Gasteiger partial charge >= 0.3 is 0 Å². The standard InChI is InChI=1S/C10H20N2O3S/c1-8-3-4-12(9(5-8)6-11)10(13)7-16(2,14)15/h8-9H,3-7,11H2,1-2H3. The van der Waals surface area contributed by atoms with E-state index < -0.39 is 15.6 Å². The molecule has 1 amide bonds. The summed E-state index contributed by atoms with van der Waals surface area (Å²) in [6.45, 7) is 3.15. The lowest BCUT2D eigenvalue weighted by Crippen LogP contribution is -2.50. The third kappa shape index (κ3) is 3.75. The van der Waals surface area contributed by atoms with Crippen molar-refractivity contribution in [2.75, 3.05) is 25.1 Å². The molecule has 0 radical (unpaired) electrons. The lowest BCUT2D eigenvalue weighted by Gasteiger charge is -2.37. The monoisotopic (exact) mass is 248 g/mol. The predicted molar refractivity (Wildman–Crippen MR) is 62.7 cm³/mol. The van der Waals surface area contributed by atoms with Crippen molar-refractivity contribution < 1.29 is 13.2 Å². The van der Waals surface area contributed by atoms with Gasteiger partial charge in [-0.2, -0.15) is 0 Å². The quantitative estimate of drug-likeness (QED) is 0.738. The third-order valence-electron chi connectivity index (χ3n) is 2.96. The van der Waals surface area contributed by atoms with Gasteiger partial charge in [-0.1, -0.05) is 6.92 Å². The van der Waals surface area contributed by atoms with Crippen molar-refractivity contribution in [2.24, 2.45) is 11.7 Å². The van der Waals surface area contributed by atoms with Crippen LogP contribution in [0.5, 0.6) is 0 Å². The number of nitrogens with two attached hydrogens (primary N) is 1. The lowest BCUT2D eigenvalue weighted by atomic mass is 9.92. The minimum absolute atomic E-state index is 0.00185. The lowest BCUT2D eigenvalue weighted by molar-refractivity contribution is -0.132. The average Bonchev–Trinajstić information content (AvgIpc) is 2.14. The molecule has 0 aromatic heterocycles. The summed E-state index contributed by atoms with van der Waals surface area (Å²) in [5.74, 6) is -0.168. The van der Waals surface area contributed by atoms with Crippen LogP contribution in [0.2, 0.25) is 0 Å². The van der Waals surface area contributed by atoms with E-state index in [1.54, 1.807) is 4.90 Å². The van der Waals surface area contributed by atoms with Gasteiger partial charge in [0.1, 0.15) is 5.75 Å². The van der Waals surface area contributed by atoms with Crippen LogP contribution in [0.15, 0.2) is 0 Å². The molecular formula is C10H20N2O3S. The van der Waals surface area contributed by atoms with Gasteiger partial charge in [0, 0.05) is 25.4 Å². The van der Waals surface area contributed by atoms with Gasteiger partial charge in [0.2, 0.25) is 5.91 Å². The summed E-state index contributed by atoms with van der Waals surface area (Å²) < 4.78 is 22.1. The van der Waals surface area contributed by atoms with E-state index in [1.165, 1.54) is 0 Å². The second-order valence-corrected chi connectivity index (χ2v) is 6.82. The van der Waals surface area contributed by atoms with Crippen LogP contribution in [-0.2, 0) is 14.6 Å². The Morgan fingerprint density at radius 2 is 2.12 bits per heavy atom. The van der Waals surface area contributed by atoms with E-state index >= 15 is 0 Å². The molecule has 1 heterocycles. The van der Waals surface area contributed by atoms with Crippen molar-refractivity contribution in [3.63, 3.8) is 0 Å². The zero-order valence-electron chi connectivity index (χ0n) is 9.85. The Hall–Kier alpha value is -0.620. The predicted octanol–water partition coefficient (Wildman–Crippen LogP) is -0.383. The fourth-order valence-electron chi connectivity index (χ4n) is 2.11. The van der Waals surface area contributed by atoms with Gasteiger partial charge in [0.25, 0.3) is 0 Å². The highest BCUT2D eigenvalue weighted by molar-refractivity contribution is 7.91. The van der Waals surface area contributed by atoms with E-state index in [2.05, 4.69) is 6.92 Å². The Balaban J connectivity index is 2.67. The molecule has 0 saturated carbocycles. The molecule has 1 aliphatic rings. The fraction of sp³-hybridized carbons (Fsp3) is 0.900. The van der Waals surface area contributed by atoms with Crippen molar-refractivity contribution >= 4 is 15.7 Å². The minimum Gasteiger partial charge on any atom is -0.338 e. The van der Waals surface area contributed by atoms with Crippen LogP contribution in [0, 0.1) is 5.92 Å². The molecule has 1 aliphatic heterocycles. The van der Waals surface area contributed by atoms with Crippen LogP contribution < -0.4 is 5.73 Å². The van der Waals surface area contributed by atoms with Crippen LogP contribution >= 0.6 is 0 Å². The molecule has 2 unspecified atom stereocenters. The van der Waals surface area contributed by atoms with Gasteiger partial charge < -0.3 is 10.6 Å². The van der Waals surface area contributed by atoms with Crippen LogP contribution in [0.4, 0.5) is 0 Å². The molecule has 0 aromatic carbocycles. The number of sulfone groups is 1. The first-order chi connectivity index (χ1) is 7.33. The molecule has 0 aromatic rings. The molecule has 1 rings (SSSR count). The smallest absolute Gasteiger partial charge is 0.238 e. The van der Waals surface area contributed by atoms with Crippen molar-refractivity contribution in [1.29, 1.82) is 0 Å². The maximum absolute atomic E-state index is 11.8. The summed E-state index contributed by atoms with van der Waals surface area (Å²) in [6.07, 6.45) is 2.87. The zero-order valence-corrected chi connectivity index (χ0v) is 10.7. The number of carbonyl (C=O) groups is 1. The second-order valence-electron chi connectivity index (χ2n) is 4.68. The Morgan fingerprint density at radius 1 is 1.50 bits per heavy atom. The zero-order chi connectivity index (χ0) is 12.3. The van der Waals surface area contributed by atoms with E-state index in [0.29, 0.717) is 19.0 Å². The summed E-state index contributed by atoms with van der Waals surface area (Å²) in [4.78, 5) is 13.4. The van der Waals surface area contributed by atoms with Crippen molar-refractivity contribution in [3.8, 4) is 0 Å². The van der Waals surface area contributed by atoms with E-state index in [0.717, 1.165) is 19.1 Å². The van der Waals surface area contributed by atoms with Gasteiger partial charge in [-0.25, -0.2) is 8.42 Å². The Morgan fingerprint density at radius 3 is 2.62 bits per heavy atom. The molecule has 2 N–H and O–H groups in total. The molecule has 1 saturated heterocycles. The highest BCUT2D eigenvalue weighted by Crippen LogP contribution is 2.22. The first-order valence-electron chi connectivity index (χ1n) is 5.50. The summed E-state index contributed by atoms with van der Waals surface area (Å²) in [7, 11) is -3.25. The first kappa shape index (κ1) is 13.4. The highest BCUT2D eigenvalue weighted by atomic mass is 32.2. The van der Waals surface area contributed by atoms with Crippen LogP contribution in [0.3, 0.4) is 0 Å². The normalized spacial score (nSPS) is 26.8. The van der Waals surface area contributed by atoms with E-state index in [1.807, 2.05) is 0 Å². The number of hydrogen-bond acceptors (Lipinski definition) is 4. The first-order valence-corrected chi connectivity index (χ1v) is 7.57. The van der Waals surface area contributed by atoms with Gasteiger partial charge in [-0.15, -0.1) is 0 Å². The molecule has 0 bridgehead atoms. The van der Waals surface area contributed by atoms with Crippen LogP contribution in [-0.4, -0.2) is 50.4 Å². The van der Waals surface area contributed by atoms with Crippen molar-refractivity contribution in [1.82, 2.24) is 4.90 Å². The Kier molecular flexibility index (Phi) is 4.32. The SMILES string of the molecule is CC1CCN(C(=O)CS(C)(=O)=O)C(CN)C1. The fourth-order valence-corrected chi connectivity index (χ4v) is 2.73. The third-order valence-corrected chi connectivity index (χ3v) is 3.73. The van der Waals surface area contributed by atoms with Gasteiger partial charge in [0.15, 0.2) is 9.84 Å². The van der Waals surface area contributed by atoms with Crippen LogP contribution in [0.1, 0.15) is 19.8 Å². The summed E-state index contributed by atoms with van der Waals surface area (Å²) in [6, 6.07) is -0.00185. The molecular weight excluding hydrogens is 228 g/mol. The van der Waals surface area contributed by atoms with E-state index in [-0.39, 0.29) is 11.9 Å². The number of carbonyl (C=O) groups excluding carboxylic acids is 1. The topological polar surface area (TPSA) is 80.5 Å². The number of piperidine rings is 1. The summed E-state index contributed by atoms with van der Waals surface area (Å²) in [5, 5.41) is 0. The molecule has 0 spiro atoms. The van der Waals surface area contributed by atoms with Gasteiger partial charge in [-0.05, 0) is 18.8 Å². The molecule has 1 fully saturated rings. The van der Waals surface area contributed by atoms with Crippen molar-refractivity contribution in [3.05, 3.63) is 0 Å². The Labute approximate surface area is 96.9 Å². The number of hydrogen-bond donors (Lipinski definition) is 1. The largest absolute Gasteiger partial charge is 0.338 e. The molecule has 6 heteroatoms. The minimum atomic E-state index is -3.25. The van der Waals surface area contributed by atoms with E-state index in [4.69, 9.17) is 5.73 Å².